The van der Waals surface area contributed by atoms with E-state index in [-0.39, 0.29) is 17.5 Å². The van der Waals surface area contributed by atoms with E-state index in [1.807, 2.05) is 0 Å². The van der Waals surface area contributed by atoms with Crippen molar-refractivity contribution >= 4 is 21.2 Å². The first-order chi connectivity index (χ1) is 9.97. The molecule has 21 heavy (non-hydrogen) atoms. The van der Waals surface area contributed by atoms with Gasteiger partial charge in [-0.15, -0.1) is 0 Å². The predicted molar refractivity (Wildman–Crippen MR) is 78.0 cm³/mol. The first-order valence-corrected chi connectivity index (χ1v) is 7.95. The third-order valence-corrected chi connectivity index (χ3v) is 5.25. The van der Waals surface area contributed by atoms with E-state index in [0.29, 0.717) is 10.6 Å². The molecule has 1 aliphatic rings. The molecule has 0 spiro atoms. The Morgan fingerprint density at radius 3 is 2.43 bits per heavy atom. The van der Waals surface area contributed by atoms with Crippen LogP contribution in [0.1, 0.15) is 11.6 Å². The minimum absolute atomic E-state index is 0.00000592. The largest absolute Gasteiger partial charge is 0.377 e. The molecular formula is C14H12N2O4S. The Labute approximate surface area is 121 Å². The Kier molecular flexibility index (Phi) is 3.13. The Bertz CT molecular complexity index is 800. The topological polar surface area (TPSA) is 89.3 Å². The van der Waals surface area contributed by atoms with Gasteiger partial charge in [0.2, 0.25) is 0 Å². The summed E-state index contributed by atoms with van der Waals surface area (Å²) in [6.07, 6.45) is 0. The maximum Gasteiger partial charge on any atom is 0.269 e. The standard InChI is InChI=1S/C14H12N2O4S/c17-16(18)11-7-5-10(6-8-11)15-13-9-21(19,20)14-4-2-1-3-12(13)14/h1-8,13,15H,9H2. The minimum Gasteiger partial charge on any atom is -0.377 e. The van der Waals surface area contributed by atoms with Crippen molar-refractivity contribution in [3.05, 3.63) is 64.2 Å². The molecule has 108 valence electrons. The van der Waals surface area contributed by atoms with E-state index in [9.17, 15) is 18.5 Å². The number of fused-ring (bicyclic) bond motifs is 1. The molecule has 1 unspecified atom stereocenters. The highest BCUT2D eigenvalue weighted by Crippen LogP contribution is 2.35. The van der Waals surface area contributed by atoms with E-state index in [1.54, 1.807) is 36.4 Å². The zero-order chi connectivity index (χ0) is 15.0. The first kappa shape index (κ1) is 13.6. The number of sulfone groups is 1. The highest BCUT2D eigenvalue weighted by molar-refractivity contribution is 7.91. The van der Waals surface area contributed by atoms with Gasteiger partial charge >= 0.3 is 0 Å². The third kappa shape index (κ3) is 2.47. The molecule has 2 aromatic carbocycles. The van der Waals surface area contributed by atoms with Crippen molar-refractivity contribution in [2.45, 2.75) is 10.9 Å². The number of rotatable bonds is 3. The molecule has 0 aromatic heterocycles. The summed E-state index contributed by atoms with van der Waals surface area (Å²) in [5.74, 6) is -0.0106. The number of hydrogen-bond acceptors (Lipinski definition) is 5. The molecule has 1 N–H and O–H groups in total. The number of hydrogen-bond donors (Lipinski definition) is 1. The van der Waals surface area contributed by atoms with E-state index in [4.69, 9.17) is 0 Å². The smallest absolute Gasteiger partial charge is 0.269 e. The molecule has 0 amide bonds. The van der Waals surface area contributed by atoms with Gasteiger partial charge in [-0.1, -0.05) is 18.2 Å². The van der Waals surface area contributed by atoms with Crippen molar-refractivity contribution in [2.75, 3.05) is 11.1 Å². The molecule has 0 saturated heterocycles. The van der Waals surface area contributed by atoms with Gasteiger partial charge in [0, 0.05) is 17.8 Å². The van der Waals surface area contributed by atoms with Crippen LogP contribution in [-0.2, 0) is 9.84 Å². The highest BCUT2D eigenvalue weighted by atomic mass is 32.2. The SMILES string of the molecule is O=[N+]([O-])c1ccc(NC2CS(=O)(=O)c3ccccc32)cc1. The Morgan fingerprint density at radius 2 is 1.76 bits per heavy atom. The van der Waals surface area contributed by atoms with Crippen LogP contribution < -0.4 is 5.32 Å². The Hall–Kier alpha value is -2.41. The van der Waals surface area contributed by atoms with Crippen molar-refractivity contribution in [1.29, 1.82) is 0 Å². The zero-order valence-corrected chi connectivity index (χ0v) is 11.7. The predicted octanol–water partition coefficient (Wildman–Crippen LogP) is 2.54. The molecule has 0 bridgehead atoms. The summed E-state index contributed by atoms with van der Waals surface area (Å²) in [4.78, 5) is 10.5. The summed E-state index contributed by atoms with van der Waals surface area (Å²) in [5, 5.41) is 13.7. The molecular weight excluding hydrogens is 292 g/mol. The van der Waals surface area contributed by atoms with Crippen LogP contribution >= 0.6 is 0 Å². The van der Waals surface area contributed by atoms with Gasteiger partial charge in [0.15, 0.2) is 9.84 Å². The second-order valence-electron chi connectivity index (χ2n) is 4.82. The fraction of sp³-hybridized carbons (Fsp3) is 0.143. The van der Waals surface area contributed by atoms with Crippen LogP contribution in [-0.4, -0.2) is 19.1 Å². The maximum atomic E-state index is 12.1. The number of anilines is 1. The number of benzene rings is 2. The number of nitrogens with zero attached hydrogens (tertiary/aromatic N) is 1. The fourth-order valence-electron chi connectivity index (χ4n) is 2.45. The van der Waals surface area contributed by atoms with Gasteiger partial charge in [-0.3, -0.25) is 10.1 Å². The summed E-state index contributed by atoms with van der Waals surface area (Å²) in [5.41, 5.74) is 1.38. The van der Waals surface area contributed by atoms with Gasteiger partial charge in [-0.05, 0) is 23.8 Å². The van der Waals surface area contributed by atoms with Crippen molar-refractivity contribution in [3.8, 4) is 0 Å². The number of nitrogens with one attached hydrogen (secondary N) is 1. The van der Waals surface area contributed by atoms with Crippen molar-refractivity contribution in [1.82, 2.24) is 0 Å². The van der Waals surface area contributed by atoms with Crippen LogP contribution in [0.4, 0.5) is 11.4 Å². The lowest BCUT2D eigenvalue weighted by Crippen LogP contribution is -2.12. The lowest BCUT2D eigenvalue weighted by atomic mass is 10.1. The number of non-ortho nitro benzene ring substituents is 1. The van der Waals surface area contributed by atoms with Crippen molar-refractivity contribution in [2.24, 2.45) is 0 Å². The molecule has 1 heterocycles. The van der Waals surface area contributed by atoms with E-state index in [1.165, 1.54) is 12.1 Å². The first-order valence-electron chi connectivity index (χ1n) is 6.30. The molecule has 0 aliphatic carbocycles. The summed E-state index contributed by atoms with van der Waals surface area (Å²) in [6.45, 7) is 0. The average molecular weight is 304 g/mol. The third-order valence-electron chi connectivity index (χ3n) is 3.43. The van der Waals surface area contributed by atoms with Gasteiger partial charge in [0.25, 0.3) is 5.69 Å². The highest BCUT2D eigenvalue weighted by Gasteiger charge is 2.34. The monoisotopic (exact) mass is 304 g/mol. The van der Waals surface area contributed by atoms with Gasteiger partial charge in [-0.2, -0.15) is 0 Å². The summed E-state index contributed by atoms with van der Waals surface area (Å²) < 4.78 is 24.1. The van der Waals surface area contributed by atoms with Gasteiger partial charge in [0.05, 0.1) is 21.6 Å². The Morgan fingerprint density at radius 1 is 1.10 bits per heavy atom. The quantitative estimate of drug-likeness (QED) is 0.695. The molecule has 0 radical (unpaired) electrons. The molecule has 1 atom stereocenters. The van der Waals surface area contributed by atoms with Crippen LogP contribution in [0.25, 0.3) is 0 Å². The van der Waals surface area contributed by atoms with E-state index in [2.05, 4.69) is 5.32 Å². The van der Waals surface area contributed by atoms with Crippen LogP contribution in [0.15, 0.2) is 53.4 Å². The van der Waals surface area contributed by atoms with Crippen LogP contribution in [0.3, 0.4) is 0 Å². The van der Waals surface area contributed by atoms with Crippen LogP contribution in [0.2, 0.25) is 0 Å². The van der Waals surface area contributed by atoms with E-state index in [0.717, 1.165) is 5.56 Å². The molecule has 3 rings (SSSR count). The summed E-state index contributed by atoms with van der Waals surface area (Å²) >= 11 is 0. The van der Waals surface area contributed by atoms with E-state index < -0.39 is 14.8 Å². The molecule has 0 saturated carbocycles. The average Bonchev–Trinajstić information content (AvgIpc) is 2.71. The van der Waals surface area contributed by atoms with E-state index >= 15 is 0 Å². The molecule has 0 fully saturated rings. The fourth-order valence-corrected chi connectivity index (χ4v) is 4.19. The normalized spacial score (nSPS) is 19.0. The van der Waals surface area contributed by atoms with Gasteiger partial charge < -0.3 is 5.32 Å². The second-order valence-corrected chi connectivity index (χ2v) is 6.82. The zero-order valence-electron chi connectivity index (χ0n) is 10.9. The van der Waals surface area contributed by atoms with Gasteiger partial charge in [0.1, 0.15) is 0 Å². The molecule has 2 aromatic rings. The summed E-state index contributed by atoms with van der Waals surface area (Å²) in [6, 6.07) is 12.5. The van der Waals surface area contributed by atoms with Crippen molar-refractivity contribution in [3.63, 3.8) is 0 Å². The van der Waals surface area contributed by atoms with Crippen LogP contribution in [0.5, 0.6) is 0 Å². The minimum atomic E-state index is -3.27. The lowest BCUT2D eigenvalue weighted by molar-refractivity contribution is -0.384. The van der Waals surface area contributed by atoms with Crippen LogP contribution in [0, 0.1) is 10.1 Å². The Balaban J connectivity index is 1.88. The number of nitro groups is 1. The molecule has 1 aliphatic heterocycles. The second kappa shape index (κ2) is 4.85. The molecule has 6 nitrogen and oxygen atoms in total. The van der Waals surface area contributed by atoms with Crippen molar-refractivity contribution < 1.29 is 13.3 Å². The van der Waals surface area contributed by atoms with Gasteiger partial charge in [-0.25, -0.2) is 8.42 Å². The summed E-state index contributed by atoms with van der Waals surface area (Å²) in [7, 11) is -3.27. The number of nitro benzene ring substituents is 1. The maximum absolute atomic E-state index is 12.1. The molecule has 7 heteroatoms. The lowest BCUT2D eigenvalue weighted by Gasteiger charge is -2.13.